The fourth-order valence-corrected chi connectivity index (χ4v) is 3.10. The molecule has 2 aromatic rings. The van der Waals surface area contributed by atoms with E-state index in [1.54, 1.807) is 7.11 Å². The van der Waals surface area contributed by atoms with E-state index in [1.165, 1.54) is 10.9 Å². The van der Waals surface area contributed by atoms with Crippen LogP contribution in [0, 0.1) is 6.92 Å². The molecule has 0 spiro atoms. The molecule has 0 amide bonds. The molecular weight excluding hydrogens is 264 g/mol. The van der Waals surface area contributed by atoms with Gasteiger partial charge in [-0.25, -0.2) is 4.98 Å². The Balaban J connectivity index is 2.02. The van der Waals surface area contributed by atoms with Crippen LogP contribution in [0.15, 0.2) is 24.3 Å². The van der Waals surface area contributed by atoms with Crippen LogP contribution < -0.4 is 14.6 Å². The van der Waals surface area contributed by atoms with Crippen molar-refractivity contribution in [2.75, 3.05) is 25.1 Å². The number of nitrogens with zero attached hydrogens (tertiary/aromatic N) is 1. The molecule has 2 atom stereocenters. The molecule has 1 aliphatic rings. The lowest BCUT2D eigenvalue weighted by atomic mass is 10.1. The summed E-state index contributed by atoms with van der Waals surface area (Å²) in [5.74, 6) is 2.02. The highest BCUT2D eigenvalue weighted by Crippen LogP contribution is 2.24. The zero-order chi connectivity index (χ0) is 15.0. The molecule has 4 nitrogen and oxygen atoms in total. The van der Waals surface area contributed by atoms with Gasteiger partial charge in [0.1, 0.15) is 24.4 Å². The van der Waals surface area contributed by atoms with Crippen LogP contribution in [0.25, 0.3) is 10.9 Å². The largest absolute Gasteiger partial charge is 0.497 e. The van der Waals surface area contributed by atoms with Gasteiger partial charge in [-0.15, -0.1) is 0 Å². The van der Waals surface area contributed by atoms with Gasteiger partial charge in [0.25, 0.3) is 5.82 Å². The maximum absolute atomic E-state index is 5.82. The maximum atomic E-state index is 5.82. The monoisotopic (exact) mass is 287 g/mol. The van der Waals surface area contributed by atoms with E-state index in [0.717, 1.165) is 30.2 Å². The molecule has 0 aliphatic carbocycles. The van der Waals surface area contributed by atoms with Crippen molar-refractivity contribution in [2.45, 2.75) is 33.0 Å². The van der Waals surface area contributed by atoms with E-state index in [0.29, 0.717) is 0 Å². The molecular formula is C17H23N2O2+. The summed E-state index contributed by atoms with van der Waals surface area (Å²) in [5, 5.41) is 1.23. The first kappa shape index (κ1) is 14.1. The Bertz CT molecular complexity index is 647. The average Bonchev–Trinajstić information content (AvgIpc) is 2.45. The first-order valence-corrected chi connectivity index (χ1v) is 7.48. The second-order valence-electron chi connectivity index (χ2n) is 5.91. The van der Waals surface area contributed by atoms with Gasteiger partial charge in [0.15, 0.2) is 0 Å². The second-order valence-corrected chi connectivity index (χ2v) is 5.91. The van der Waals surface area contributed by atoms with E-state index in [1.807, 2.05) is 6.07 Å². The Kier molecular flexibility index (Phi) is 3.72. The first-order valence-electron chi connectivity index (χ1n) is 7.48. The van der Waals surface area contributed by atoms with Gasteiger partial charge in [0, 0.05) is 17.5 Å². The summed E-state index contributed by atoms with van der Waals surface area (Å²) >= 11 is 0. The summed E-state index contributed by atoms with van der Waals surface area (Å²) < 4.78 is 11.1. The lowest BCUT2D eigenvalue weighted by Gasteiger charge is -2.31. The Morgan fingerprint density at radius 1 is 1.19 bits per heavy atom. The van der Waals surface area contributed by atoms with Crippen molar-refractivity contribution >= 4 is 16.7 Å². The van der Waals surface area contributed by atoms with E-state index in [9.17, 15) is 0 Å². The lowest BCUT2D eigenvalue weighted by molar-refractivity contribution is -0.331. The van der Waals surface area contributed by atoms with Crippen molar-refractivity contribution in [3.05, 3.63) is 29.8 Å². The van der Waals surface area contributed by atoms with Gasteiger partial charge < -0.3 is 9.47 Å². The van der Waals surface area contributed by atoms with E-state index in [2.05, 4.69) is 48.9 Å². The predicted octanol–water partition coefficient (Wildman–Crippen LogP) is 2.58. The zero-order valence-corrected chi connectivity index (χ0v) is 13.1. The number of ether oxygens (including phenoxy) is 2. The number of morpholine rings is 1. The number of nitrogens with one attached hydrogen (secondary N) is 1. The molecule has 0 saturated carbocycles. The number of benzene rings is 1. The molecule has 1 saturated heterocycles. The van der Waals surface area contributed by atoms with Crippen molar-refractivity contribution < 1.29 is 14.5 Å². The minimum absolute atomic E-state index is 0.253. The highest BCUT2D eigenvalue weighted by Gasteiger charge is 2.29. The van der Waals surface area contributed by atoms with Gasteiger partial charge >= 0.3 is 0 Å². The lowest BCUT2D eigenvalue weighted by Crippen LogP contribution is -2.47. The van der Waals surface area contributed by atoms with Gasteiger partial charge in [-0.2, -0.15) is 0 Å². The second kappa shape index (κ2) is 5.53. The number of H-pyrrole nitrogens is 1. The fourth-order valence-electron chi connectivity index (χ4n) is 3.10. The number of anilines is 1. The quantitative estimate of drug-likeness (QED) is 0.851. The molecule has 0 radical (unpaired) electrons. The summed E-state index contributed by atoms with van der Waals surface area (Å²) in [7, 11) is 1.70. The van der Waals surface area contributed by atoms with E-state index in [4.69, 9.17) is 9.47 Å². The van der Waals surface area contributed by atoms with Crippen molar-refractivity contribution in [2.24, 2.45) is 0 Å². The summed E-state index contributed by atoms with van der Waals surface area (Å²) in [6.07, 6.45) is 0.506. The van der Waals surface area contributed by atoms with Gasteiger partial charge in [0.2, 0.25) is 0 Å². The van der Waals surface area contributed by atoms with Gasteiger partial charge in [-0.1, -0.05) is 0 Å². The molecule has 3 rings (SSSR count). The van der Waals surface area contributed by atoms with Crippen molar-refractivity contribution in [1.82, 2.24) is 0 Å². The summed E-state index contributed by atoms with van der Waals surface area (Å²) in [5.41, 5.74) is 2.38. The van der Waals surface area contributed by atoms with Gasteiger partial charge in [-0.05, 0) is 38.5 Å². The van der Waals surface area contributed by atoms with Crippen LogP contribution in [0.3, 0.4) is 0 Å². The summed E-state index contributed by atoms with van der Waals surface area (Å²) in [6, 6.07) is 8.38. The van der Waals surface area contributed by atoms with E-state index >= 15 is 0 Å². The Morgan fingerprint density at radius 2 is 1.90 bits per heavy atom. The molecule has 1 N–H and O–H groups in total. The molecule has 112 valence electrons. The average molecular weight is 287 g/mol. The van der Waals surface area contributed by atoms with Crippen LogP contribution >= 0.6 is 0 Å². The van der Waals surface area contributed by atoms with E-state index < -0.39 is 0 Å². The zero-order valence-electron chi connectivity index (χ0n) is 13.1. The van der Waals surface area contributed by atoms with Crippen LogP contribution in [-0.4, -0.2) is 32.4 Å². The molecule has 2 heterocycles. The van der Waals surface area contributed by atoms with Gasteiger partial charge in [-0.3, -0.25) is 4.90 Å². The molecule has 1 aromatic carbocycles. The number of pyridine rings is 1. The number of hydrogen-bond acceptors (Lipinski definition) is 3. The maximum Gasteiger partial charge on any atom is 0.275 e. The van der Waals surface area contributed by atoms with Crippen LogP contribution in [0.2, 0.25) is 0 Å². The third-order valence-corrected chi connectivity index (χ3v) is 4.03. The number of aromatic amines is 1. The predicted molar refractivity (Wildman–Crippen MR) is 84.0 cm³/mol. The highest BCUT2D eigenvalue weighted by molar-refractivity contribution is 5.81. The number of aromatic nitrogens is 1. The Hall–Kier alpha value is -1.81. The molecule has 1 aliphatic heterocycles. The standard InChI is InChI=1S/C17H22N2O2/c1-11-7-17(19-9-12(2)21-13(3)10-19)18-16-8-14(20-4)5-6-15(11)16/h5-8,12-13H,9-10H2,1-4H3/p+1/t12-,13+. The Labute approximate surface area is 125 Å². The molecule has 4 heteroatoms. The number of aryl methyl sites for hydroxylation is 1. The smallest absolute Gasteiger partial charge is 0.275 e. The highest BCUT2D eigenvalue weighted by atomic mass is 16.5. The Morgan fingerprint density at radius 3 is 2.57 bits per heavy atom. The third kappa shape index (κ3) is 2.81. The van der Waals surface area contributed by atoms with Crippen molar-refractivity contribution in [3.8, 4) is 5.75 Å². The number of methoxy groups -OCH3 is 1. The molecule has 0 unspecified atom stereocenters. The number of hydrogen-bond donors (Lipinski definition) is 0. The van der Waals surface area contributed by atoms with Crippen LogP contribution in [0.5, 0.6) is 5.75 Å². The van der Waals surface area contributed by atoms with Crippen molar-refractivity contribution in [3.63, 3.8) is 0 Å². The first-order chi connectivity index (χ1) is 10.1. The molecule has 1 fully saturated rings. The minimum Gasteiger partial charge on any atom is -0.497 e. The summed E-state index contributed by atoms with van der Waals surface area (Å²) in [6.45, 7) is 8.23. The van der Waals surface area contributed by atoms with Crippen molar-refractivity contribution in [1.29, 1.82) is 0 Å². The fraction of sp³-hybridized carbons (Fsp3) is 0.471. The topological polar surface area (TPSA) is 35.8 Å². The third-order valence-electron chi connectivity index (χ3n) is 4.03. The normalized spacial score (nSPS) is 22.6. The van der Waals surface area contributed by atoms with Crippen LogP contribution in [0.1, 0.15) is 19.4 Å². The van der Waals surface area contributed by atoms with E-state index in [-0.39, 0.29) is 12.2 Å². The number of rotatable bonds is 2. The minimum atomic E-state index is 0.253. The SMILES string of the molecule is COc1ccc2c(C)cc(N3C[C@@H](C)O[C@@H](C)C3)[nH+]c2c1. The van der Waals surface area contributed by atoms with Crippen LogP contribution in [0.4, 0.5) is 5.82 Å². The molecule has 0 bridgehead atoms. The molecule has 1 aromatic heterocycles. The number of fused-ring (bicyclic) bond motifs is 1. The summed E-state index contributed by atoms with van der Waals surface area (Å²) in [4.78, 5) is 5.91. The van der Waals surface area contributed by atoms with Gasteiger partial charge in [0.05, 0.1) is 19.3 Å². The van der Waals surface area contributed by atoms with Crippen LogP contribution in [-0.2, 0) is 4.74 Å². The molecule has 21 heavy (non-hydrogen) atoms.